The van der Waals surface area contributed by atoms with Gasteiger partial charge in [0.05, 0.1) is 0 Å². The molecule has 1 N–H and O–H groups in total. The molecule has 0 aliphatic heterocycles. The molecule has 162 valence electrons. The minimum absolute atomic E-state index is 0.124. The Hall–Kier alpha value is -2.34. The lowest BCUT2D eigenvalue weighted by Crippen LogP contribution is -2.49. The van der Waals surface area contributed by atoms with Gasteiger partial charge in [0, 0.05) is 17.6 Å². The van der Waals surface area contributed by atoms with Crippen LogP contribution in [0.2, 0.25) is 0 Å². The summed E-state index contributed by atoms with van der Waals surface area (Å²) in [6, 6.07) is 12.9. The van der Waals surface area contributed by atoms with Crippen molar-refractivity contribution in [2.45, 2.75) is 47.2 Å². The standard InChI is InChI=1S/C24H31BrN2O3/c1-16(2)13-26-24(29)19(5)27(14-20-7-9-21(25)10-8-20)23(28)15-30-22-11-6-17(3)18(4)12-22/h6-12,16,19H,13-15H2,1-5H3,(H,26,29)/t19-/m1/s1. The molecule has 0 aliphatic rings. The summed E-state index contributed by atoms with van der Waals surface area (Å²) in [5, 5.41) is 2.92. The van der Waals surface area contributed by atoms with Crippen molar-refractivity contribution in [3.8, 4) is 5.75 Å². The number of benzene rings is 2. The van der Waals surface area contributed by atoms with E-state index in [0.29, 0.717) is 24.8 Å². The molecule has 0 saturated carbocycles. The molecule has 0 spiro atoms. The van der Waals surface area contributed by atoms with Gasteiger partial charge in [-0.2, -0.15) is 0 Å². The number of carbonyl (C=O) groups excluding carboxylic acids is 2. The molecule has 0 radical (unpaired) electrons. The maximum Gasteiger partial charge on any atom is 0.261 e. The van der Waals surface area contributed by atoms with E-state index in [1.54, 1.807) is 11.8 Å². The first kappa shape index (κ1) is 23.9. The first-order chi connectivity index (χ1) is 14.2. The number of amides is 2. The summed E-state index contributed by atoms with van der Waals surface area (Å²) in [7, 11) is 0. The molecule has 6 heteroatoms. The van der Waals surface area contributed by atoms with E-state index in [0.717, 1.165) is 15.6 Å². The van der Waals surface area contributed by atoms with Gasteiger partial charge in [-0.15, -0.1) is 0 Å². The molecule has 0 saturated heterocycles. The quantitative estimate of drug-likeness (QED) is 0.575. The van der Waals surface area contributed by atoms with Crippen molar-refractivity contribution in [1.29, 1.82) is 0 Å². The van der Waals surface area contributed by atoms with Gasteiger partial charge in [0.15, 0.2) is 6.61 Å². The highest BCUT2D eigenvalue weighted by Crippen LogP contribution is 2.18. The maximum absolute atomic E-state index is 13.0. The number of nitrogens with one attached hydrogen (secondary N) is 1. The molecule has 0 unspecified atom stereocenters. The van der Waals surface area contributed by atoms with Crippen molar-refractivity contribution in [3.05, 3.63) is 63.6 Å². The average molecular weight is 475 g/mol. The van der Waals surface area contributed by atoms with Crippen LogP contribution in [0.5, 0.6) is 5.75 Å². The fourth-order valence-electron chi connectivity index (χ4n) is 2.85. The molecule has 1 atom stereocenters. The Morgan fingerprint density at radius 3 is 2.30 bits per heavy atom. The molecule has 0 bridgehead atoms. The minimum Gasteiger partial charge on any atom is -0.484 e. The van der Waals surface area contributed by atoms with Crippen molar-refractivity contribution in [2.24, 2.45) is 5.92 Å². The number of rotatable bonds is 9. The molecule has 0 aromatic heterocycles. The Bertz CT molecular complexity index is 865. The summed E-state index contributed by atoms with van der Waals surface area (Å²) < 4.78 is 6.70. The lowest BCUT2D eigenvalue weighted by atomic mass is 10.1. The minimum atomic E-state index is -0.608. The molecule has 2 rings (SSSR count). The van der Waals surface area contributed by atoms with Crippen LogP contribution in [0.25, 0.3) is 0 Å². The largest absolute Gasteiger partial charge is 0.484 e. The smallest absolute Gasteiger partial charge is 0.261 e. The Morgan fingerprint density at radius 2 is 1.70 bits per heavy atom. The number of nitrogens with zero attached hydrogens (tertiary/aromatic N) is 1. The van der Waals surface area contributed by atoms with Gasteiger partial charge in [-0.1, -0.05) is 48.0 Å². The van der Waals surface area contributed by atoms with Crippen molar-refractivity contribution >= 4 is 27.7 Å². The van der Waals surface area contributed by atoms with E-state index in [4.69, 9.17) is 4.74 Å². The van der Waals surface area contributed by atoms with Gasteiger partial charge in [-0.05, 0) is 67.6 Å². The molecule has 0 heterocycles. The van der Waals surface area contributed by atoms with Crippen molar-refractivity contribution in [2.75, 3.05) is 13.2 Å². The summed E-state index contributed by atoms with van der Waals surface area (Å²) in [5.41, 5.74) is 3.22. The van der Waals surface area contributed by atoms with E-state index in [2.05, 4.69) is 21.2 Å². The van der Waals surface area contributed by atoms with Gasteiger partial charge in [0.1, 0.15) is 11.8 Å². The third-order valence-electron chi connectivity index (χ3n) is 4.96. The molecule has 5 nitrogen and oxygen atoms in total. The molecule has 0 aliphatic carbocycles. The lowest BCUT2D eigenvalue weighted by Gasteiger charge is -2.29. The van der Waals surface area contributed by atoms with E-state index >= 15 is 0 Å². The highest BCUT2D eigenvalue weighted by Gasteiger charge is 2.26. The fourth-order valence-corrected chi connectivity index (χ4v) is 3.12. The van der Waals surface area contributed by atoms with Crippen molar-refractivity contribution < 1.29 is 14.3 Å². The first-order valence-corrected chi connectivity index (χ1v) is 11.0. The van der Waals surface area contributed by atoms with E-state index in [1.165, 1.54) is 5.56 Å². The lowest BCUT2D eigenvalue weighted by molar-refractivity contribution is -0.142. The van der Waals surface area contributed by atoms with Crippen molar-refractivity contribution in [3.63, 3.8) is 0 Å². The van der Waals surface area contributed by atoms with Crippen molar-refractivity contribution in [1.82, 2.24) is 10.2 Å². The number of halogens is 1. The van der Waals surface area contributed by atoms with Gasteiger partial charge in [0.25, 0.3) is 5.91 Å². The summed E-state index contributed by atoms with van der Waals surface area (Å²) in [6.45, 7) is 10.6. The number of carbonyl (C=O) groups is 2. The van der Waals surface area contributed by atoms with Gasteiger partial charge >= 0.3 is 0 Å². The van der Waals surface area contributed by atoms with Crippen LogP contribution >= 0.6 is 15.9 Å². The van der Waals surface area contributed by atoms with Crippen LogP contribution in [-0.4, -0.2) is 35.9 Å². The Balaban J connectivity index is 2.13. The molecular formula is C24H31BrN2O3. The summed E-state index contributed by atoms with van der Waals surface area (Å²) in [4.78, 5) is 27.2. The zero-order valence-corrected chi connectivity index (χ0v) is 20.0. The predicted molar refractivity (Wildman–Crippen MR) is 123 cm³/mol. The summed E-state index contributed by atoms with van der Waals surface area (Å²) in [6.07, 6.45) is 0. The van der Waals surface area contributed by atoms with Crippen LogP contribution in [0.1, 0.15) is 37.5 Å². The first-order valence-electron chi connectivity index (χ1n) is 10.2. The van der Waals surface area contributed by atoms with Crippen LogP contribution in [0.15, 0.2) is 46.9 Å². The molecule has 2 aromatic rings. The average Bonchev–Trinajstić information content (AvgIpc) is 2.71. The molecule has 2 amide bonds. The van der Waals surface area contributed by atoms with Gasteiger partial charge in [-0.3, -0.25) is 9.59 Å². The molecule has 0 fully saturated rings. The molecule has 30 heavy (non-hydrogen) atoms. The van der Waals surface area contributed by atoms with E-state index in [1.807, 2.05) is 70.2 Å². The van der Waals surface area contributed by atoms with E-state index in [9.17, 15) is 9.59 Å². The second-order valence-corrected chi connectivity index (χ2v) is 8.91. The van der Waals surface area contributed by atoms with E-state index in [-0.39, 0.29) is 18.4 Å². The highest BCUT2D eigenvalue weighted by molar-refractivity contribution is 9.10. The normalized spacial score (nSPS) is 11.8. The highest BCUT2D eigenvalue weighted by atomic mass is 79.9. The predicted octanol–water partition coefficient (Wildman–Crippen LogP) is 4.63. The van der Waals surface area contributed by atoms with E-state index < -0.39 is 6.04 Å². The van der Waals surface area contributed by atoms with Crippen LogP contribution < -0.4 is 10.1 Å². The number of ether oxygens (including phenoxy) is 1. The maximum atomic E-state index is 13.0. The Kier molecular flexibility index (Phi) is 8.90. The van der Waals surface area contributed by atoms with Gasteiger partial charge < -0.3 is 15.0 Å². The zero-order chi connectivity index (χ0) is 22.3. The van der Waals surface area contributed by atoms with Gasteiger partial charge in [-0.25, -0.2) is 0 Å². The van der Waals surface area contributed by atoms with Crippen LogP contribution in [0.3, 0.4) is 0 Å². The number of aryl methyl sites for hydroxylation is 2. The third kappa shape index (κ3) is 7.17. The topological polar surface area (TPSA) is 58.6 Å². The molecular weight excluding hydrogens is 444 g/mol. The Morgan fingerprint density at radius 1 is 1.03 bits per heavy atom. The monoisotopic (exact) mass is 474 g/mol. The number of hydrogen-bond donors (Lipinski definition) is 1. The Labute approximate surface area is 187 Å². The fraction of sp³-hybridized carbons (Fsp3) is 0.417. The van der Waals surface area contributed by atoms with Gasteiger partial charge in [0.2, 0.25) is 5.91 Å². The number of hydrogen-bond acceptors (Lipinski definition) is 3. The third-order valence-corrected chi connectivity index (χ3v) is 5.49. The second-order valence-electron chi connectivity index (χ2n) is 8.00. The van der Waals surface area contributed by atoms with Crippen LogP contribution in [-0.2, 0) is 16.1 Å². The summed E-state index contributed by atoms with van der Waals surface area (Å²) >= 11 is 3.42. The molecule has 2 aromatic carbocycles. The second kappa shape index (κ2) is 11.2. The SMILES string of the molecule is Cc1ccc(OCC(=O)N(Cc2ccc(Br)cc2)[C@H](C)C(=O)NCC(C)C)cc1C. The zero-order valence-electron chi connectivity index (χ0n) is 18.4. The summed E-state index contributed by atoms with van der Waals surface area (Å²) in [5.74, 6) is 0.584. The van der Waals surface area contributed by atoms with Crippen LogP contribution in [0, 0.1) is 19.8 Å². The van der Waals surface area contributed by atoms with Crippen LogP contribution in [0.4, 0.5) is 0 Å².